The zero-order valence-electron chi connectivity index (χ0n) is 28.8. The molecule has 0 unspecified atom stereocenters. The maximum Gasteiger partial charge on any atom is 0.313 e. The monoisotopic (exact) mass is 681 g/mol. The van der Waals surface area contributed by atoms with Gasteiger partial charge >= 0.3 is 5.97 Å². The summed E-state index contributed by atoms with van der Waals surface area (Å²) in [6, 6.07) is 16.0. The van der Waals surface area contributed by atoms with E-state index in [1.165, 1.54) is 4.90 Å². The highest BCUT2D eigenvalue weighted by Gasteiger charge is 2.74. The molecule has 1 N–H and O–H groups in total. The van der Waals surface area contributed by atoms with Gasteiger partial charge in [0, 0.05) is 26.1 Å². The van der Waals surface area contributed by atoms with E-state index in [2.05, 4.69) is 0 Å². The zero-order valence-corrected chi connectivity index (χ0v) is 28.8. The molecule has 10 heteroatoms. The molecule has 0 aromatic heterocycles. The summed E-state index contributed by atoms with van der Waals surface area (Å²) in [5.41, 5.74) is -0.0112. The van der Waals surface area contributed by atoms with Gasteiger partial charge in [-0.3, -0.25) is 19.2 Å². The summed E-state index contributed by atoms with van der Waals surface area (Å²) in [6.07, 6.45) is 11.4. The highest BCUT2D eigenvalue weighted by atomic mass is 16.6. The van der Waals surface area contributed by atoms with Crippen LogP contribution < -0.4 is 0 Å². The Labute approximate surface area is 293 Å². The number of benzene rings is 2. The number of allylic oxidation sites excluding steroid dienone is 1. The summed E-state index contributed by atoms with van der Waals surface area (Å²) < 4.78 is 13.0. The molecule has 4 heterocycles. The van der Waals surface area contributed by atoms with E-state index in [4.69, 9.17) is 9.47 Å². The molecule has 0 radical (unpaired) electrons. The lowest BCUT2D eigenvalue weighted by atomic mass is 9.74. The standard InChI is InChI=1S/C40H47N3O7/c1-26-35(28-17-9-4-10-18-28)49-39(48)33-31-22-23-40(50-31)34(33)37(46)43(30(25-44)27-15-7-3-8-16-27)36(40)38(47)42(29-19-11-5-12-20-29)24-14-6-13-21-32(45)41(26)2/h3-4,6-10,14-18,22-23,26,29-31,33-36,44H,5,11-13,19-21,24-25H2,1-2H3/b14-6-/t26-,30+,31+,33-,34-,35+,36+,40-/m0/s1. The van der Waals surface area contributed by atoms with Crippen molar-refractivity contribution in [2.75, 3.05) is 20.2 Å². The molecule has 7 rings (SSSR count). The predicted molar refractivity (Wildman–Crippen MR) is 185 cm³/mol. The average molecular weight is 682 g/mol. The molecule has 10 nitrogen and oxygen atoms in total. The number of fused-ring (bicyclic) bond motifs is 2. The highest BCUT2D eigenvalue weighted by molar-refractivity contribution is 5.99. The number of cyclic esters (lactones) is 1. The summed E-state index contributed by atoms with van der Waals surface area (Å²) in [5, 5.41) is 10.9. The maximum atomic E-state index is 15.2. The van der Waals surface area contributed by atoms with Gasteiger partial charge in [-0.1, -0.05) is 104 Å². The molecule has 5 aliphatic rings. The third-order valence-corrected chi connectivity index (χ3v) is 11.6. The fourth-order valence-electron chi connectivity index (χ4n) is 8.90. The molecular weight excluding hydrogens is 634 g/mol. The van der Waals surface area contributed by atoms with Crippen molar-refractivity contribution in [3.05, 3.63) is 96.1 Å². The van der Waals surface area contributed by atoms with Gasteiger partial charge in [-0.15, -0.1) is 0 Å². The van der Waals surface area contributed by atoms with Crippen molar-refractivity contribution >= 4 is 23.7 Å². The number of aliphatic hydroxyl groups excluding tert-OH is 1. The van der Waals surface area contributed by atoms with Crippen LogP contribution in [-0.2, 0) is 28.7 Å². The lowest BCUT2D eigenvalue weighted by Gasteiger charge is -2.42. The van der Waals surface area contributed by atoms with Gasteiger partial charge in [0.1, 0.15) is 23.7 Å². The second-order valence-electron chi connectivity index (χ2n) is 14.4. The second-order valence-corrected chi connectivity index (χ2v) is 14.4. The summed E-state index contributed by atoms with van der Waals surface area (Å²) >= 11 is 0. The largest absolute Gasteiger partial charge is 0.455 e. The normalized spacial score (nSPS) is 33.5. The van der Waals surface area contributed by atoms with Crippen LogP contribution in [0, 0.1) is 11.8 Å². The summed E-state index contributed by atoms with van der Waals surface area (Å²) in [6.45, 7) is 1.76. The lowest BCUT2D eigenvalue weighted by molar-refractivity contribution is -0.164. The van der Waals surface area contributed by atoms with Crippen molar-refractivity contribution in [2.45, 2.75) is 93.8 Å². The molecule has 1 saturated carbocycles. The van der Waals surface area contributed by atoms with Gasteiger partial charge in [0.15, 0.2) is 0 Å². The average Bonchev–Trinajstić information content (AvgIpc) is 3.80. The molecule has 2 saturated heterocycles. The Bertz CT molecular complexity index is 1640. The van der Waals surface area contributed by atoms with E-state index in [-0.39, 0.29) is 24.3 Å². The van der Waals surface area contributed by atoms with Gasteiger partial charge in [-0.2, -0.15) is 0 Å². The molecule has 3 fully saturated rings. The number of amides is 3. The van der Waals surface area contributed by atoms with Gasteiger partial charge in [0.05, 0.1) is 30.7 Å². The Balaban J connectivity index is 1.35. The minimum absolute atomic E-state index is 0.0386. The molecule has 5 bridgehead atoms. The van der Waals surface area contributed by atoms with Crippen molar-refractivity contribution in [2.24, 2.45) is 11.8 Å². The lowest BCUT2D eigenvalue weighted by Crippen LogP contribution is -2.58. The first-order valence-corrected chi connectivity index (χ1v) is 18.1. The van der Waals surface area contributed by atoms with E-state index in [9.17, 15) is 19.5 Å². The van der Waals surface area contributed by atoms with Crippen molar-refractivity contribution < 1.29 is 33.8 Å². The van der Waals surface area contributed by atoms with E-state index < -0.39 is 66.3 Å². The Hall–Kier alpha value is -4.28. The van der Waals surface area contributed by atoms with Gasteiger partial charge in [0.25, 0.3) is 0 Å². The maximum absolute atomic E-state index is 15.2. The number of aliphatic hydroxyl groups is 1. The Morgan fingerprint density at radius 2 is 1.62 bits per heavy atom. The van der Waals surface area contributed by atoms with Crippen LogP contribution in [0.25, 0.3) is 0 Å². The smallest absolute Gasteiger partial charge is 0.313 e. The molecular formula is C40H47N3O7. The number of rotatable bonds is 5. The van der Waals surface area contributed by atoms with Crippen molar-refractivity contribution in [1.82, 2.24) is 14.7 Å². The number of ether oxygens (including phenoxy) is 2. The first-order chi connectivity index (χ1) is 24.3. The topological polar surface area (TPSA) is 117 Å². The summed E-state index contributed by atoms with van der Waals surface area (Å²) in [7, 11) is 1.72. The van der Waals surface area contributed by atoms with Gasteiger partial charge in [-0.25, -0.2) is 0 Å². The molecule has 2 aromatic rings. The van der Waals surface area contributed by atoms with Crippen LogP contribution in [0.2, 0.25) is 0 Å². The van der Waals surface area contributed by atoms with Gasteiger partial charge < -0.3 is 29.3 Å². The number of esters is 1. The van der Waals surface area contributed by atoms with Crippen LogP contribution in [0.5, 0.6) is 0 Å². The van der Waals surface area contributed by atoms with Crippen LogP contribution in [0.4, 0.5) is 0 Å². The van der Waals surface area contributed by atoms with Crippen LogP contribution in [-0.4, -0.2) is 93.5 Å². The predicted octanol–water partition coefficient (Wildman–Crippen LogP) is 4.51. The SMILES string of the molecule is C[C@H]1[C@H](c2ccccc2)OC(=O)[C@@H]2[C@H]3C(=O)N([C@H](CO)c4ccccc4)[C@H](C(=O)N(C4CCCCC4)C/C=C\CCC(=O)N1C)[C@]31C=C[C@H]2O1. The summed E-state index contributed by atoms with van der Waals surface area (Å²) in [4.78, 5) is 63.0. The number of hydrogen-bond donors (Lipinski definition) is 1. The van der Waals surface area contributed by atoms with Crippen LogP contribution >= 0.6 is 0 Å². The molecule has 8 atom stereocenters. The van der Waals surface area contributed by atoms with Crippen LogP contribution in [0.3, 0.4) is 0 Å². The van der Waals surface area contributed by atoms with E-state index in [0.717, 1.165) is 37.7 Å². The Morgan fingerprint density at radius 3 is 2.32 bits per heavy atom. The van der Waals surface area contributed by atoms with E-state index >= 15 is 4.79 Å². The second kappa shape index (κ2) is 14.2. The molecule has 2 aromatic carbocycles. The number of hydrogen-bond acceptors (Lipinski definition) is 7. The first kappa shape index (κ1) is 34.2. The highest BCUT2D eigenvalue weighted by Crippen LogP contribution is 2.57. The quantitative estimate of drug-likeness (QED) is 0.365. The molecule has 4 aliphatic heterocycles. The Morgan fingerprint density at radius 1 is 0.920 bits per heavy atom. The minimum atomic E-state index is -1.42. The van der Waals surface area contributed by atoms with Gasteiger partial charge in [0.2, 0.25) is 17.7 Å². The molecule has 3 amide bonds. The first-order valence-electron chi connectivity index (χ1n) is 18.1. The number of carbonyl (C=O) groups is 4. The Kier molecular flexibility index (Phi) is 9.67. The van der Waals surface area contributed by atoms with Crippen molar-refractivity contribution in [1.29, 1.82) is 0 Å². The molecule has 1 aliphatic carbocycles. The van der Waals surface area contributed by atoms with E-state index in [0.29, 0.717) is 18.5 Å². The van der Waals surface area contributed by atoms with E-state index in [1.54, 1.807) is 24.1 Å². The number of carbonyl (C=O) groups excluding carboxylic acids is 4. The number of likely N-dealkylation sites (N-methyl/N-ethyl adjacent to an activating group) is 1. The molecule has 50 heavy (non-hydrogen) atoms. The zero-order chi connectivity index (χ0) is 35.0. The fourth-order valence-corrected chi connectivity index (χ4v) is 8.90. The third kappa shape index (κ3) is 5.86. The number of likely N-dealkylation sites (tertiary alicyclic amines) is 1. The number of nitrogens with zero attached hydrogens (tertiary/aromatic N) is 3. The minimum Gasteiger partial charge on any atom is -0.455 e. The van der Waals surface area contributed by atoms with Gasteiger partial charge in [-0.05, 0) is 37.3 Å². The van der Waals surface area contributed by atoms with Crippen molar-refractivity contribution in [3.8, 4) is 0 Å². The molecule has 264 valence electrons. The van der Waals surface area contributed by atoms with Crippen molar-refractivity contribution in [3.63, 3.8) is 0 Å². The fraction of sp³-hybridized carbons (Fsp3) is 0.500. The van der Waals surface area contributed by atoms with Crippen LogP contribution in [0.1, 0.15) is 75.1 Å². The van der Waals surface area contributed by atoms with Crippen LogP contribution in [0.15, 0.2) is 85.0 Å². The molecule has 1 spiro atoms. The third-order valence-electron chi connectivity index (χ3n) is 11.6. The van der Waals surface area contributed by atoms with E-state index in [1.807, 2.05) is 84.6 Å². The summed E-state index contributed by atoms with van der Waals surface area (Å²) in [5.74, 6) is -3.46.